The number of rotatable bonds is 1. The van der Waals surface area contributed by atoms with Crippen LogP contribution >= 0.6 is 11.3 Å². The maximum Gasteiger partial charge on any atom is 0.213 e. The zero-order valence-electron chi connectivity index (χ0n) is 9.56. The molecular weight excluding hydrogens is 218 g/mol. The van der Waals surface area contributed by atoms with E-state index >= 15 is 0 Å². The third-order valence-corrected chi connectivity index (χ3v) is 3.85. The highest BCUT2D eigenvalue weighted by Gasteiger charge is 2.12. The summed E-state index contributed by atoms with van der Waals surface area (Å²) in [6.07, 6.45) is 0. The molecule has 0 spiro atoms. The Morgan fingerprint density at radius 2 is 2.12 bits per heavy atom. The first-order valence-corrected chi connectivity index (χ1v) is 6.23. The van der Waals surface area contributed by atoms with Crippen LogP contribution in [0.4, 0.5) is 0 Å². The zero-order valence-corrected chi connectivity index (χ0v) is 10.4. The van der Waals surface area contributed by atoms with Crippen molar-refractivity contribution in [2.45, 2.75) is 26.7 Å². The Balaban J connectivity index is 2.45. The average molecular weight is 231 g/mol. The summed E-state index contributed by atoms with van der Waals surface area (Å²) in [5, 5.41) is 4.42. The molecule has 4 heteroatoms. The van der Waals surface area contributed by atoms with Crippen LogP contribution in [-0.4, -0.2) is 14.6 Å². The second-order valence-electron chi connectivity index (χ2n) is 4.31. The molecular formula is C12H13N3S. The molecule has 0 saturated heterocycles. The van der Waals surface area contributed by atoms with Crippen molar-refractivity contribution in [3.63, 3.8) is 0 Å². The average Bonchev–Trinajstić information content (AvgIpc) is 2.72. The Hall–Kier alpha value is -1.42. The van der Waals surface area contributed by atoms with Gasteiger partial charge in [0.2, 0.25) is 4.96 Å². The third kappa shape index (κ3) is 1.26. The Bertz CT molecular complexity index is 663. The van der Waals surface area contributed by atoms with Gasteiger partial charge in [0, 0.05) is 0 Å². The van der Waals surface area contributed by atoms with Crippen molar-refractivity contribution >= 4 is 26.5 Å². The molecule has 2 aromatic heterocycles. The molecule has 0 aliphatic heterocycles. The second-order valence-corrected chi connectivity index (χ2v) is 5.28. The molecule has 0 bridgehead atoms. The fourth-order valence-corrected chi connectivity index (χ4v) is 3.25. The van der Waals surface area contributed by atoms with Crippen LogP contribution in [0, 0.1) is 6.92 Å². The highest BCUT2D eigenvalue weighted by Crippen LogP contribution is 2.31. The smallest absolute Gasteiger partial charge is 0.203 e. The topological polar surface area (TPSA) is 30.2 Å². The predicted molar refractivity (Wildman–Crippen MR) is 67.2 cm³/mol. The van der Waals surface area contributed by atoms with Gasteiger partial charge >= 0.3 is 0 Å². The van der Waals surface area contributed by atoms with Gasteiger partial charge in [0.15, 0.2) is 0 Å². The molecule has 3 aromatic rings. The lowest BCUT2D eigenvalue weighted by molar-refractivity contribution is 0.876. The zero-order chi connectivity index (χ0) is 11.3. The van der Waals surface area contributed by atoms with Crippen LogP contribution in [0.15, 0.2) is 18.2 Å². The molecule has 0 unspecified atom stereocenters. The molecule has 0 N–H and O–H groups in total. The third-order valence-electron chi connectivity index (χ3n) is 2.75. The van der Waals surface area contributed by atoms with Crippen LogP contribution in [0.25, 0.3) is 15.2 Å². The molecule has 1 aromatic carbocycles. The van der Waals surface area contributed by atoms with Crippen molar-refractivity contribution in [2.75, 3.05) is 0 Å². The summed E-state index contributed by atoms with van der Waals surface area (Å²) >= 11 is 1.73. The fraction of sp³-hybridized carbons (Fsp3) is 0.333. The van der Waals surface area contributed by atoms with E-state index in [0.717, 1.165) is 10.8 Å². The maximum atomic E-state index is 4.42. The first-order valence-electron chi connectivity index (χ1n) is 5.41. The Morgan fingerprint density at radius 1 is 1.31 bits per heavy atom. The summed E-state index contributed by atoms with van der Waals surface area (Å²) in [5.74, 6) is 1.37. The van der Waals surface area contributed by atoms with Crippen molar-refractivity contribution in [1.82, 2.24) is 14.6 Å². The first kappa shape index (κ1) is 9.78. The second kappa shape index (κ2) is 3.28. The monoisotopic (exact) mass is 231 g/mol. The van der Waals surface area contributed by atoms with E-state index < -0.39 is 0 Å². The minimum atomic E-state index is 0.535. The minimum absolute atomic E-state index is 0.535. The van der Waals surface area contributed by atoms with Gasteiger partial charge in [-0.2, -0.15) is 5.10 Å². The largest absolute Gasteiger partial charge is 0.213 e. The highest BCUT2D eigenvalue weighted by molar-refractivity contribution is 7.23. The molecule has 16 heavy (non-hydrogen) atoms. The van der Waals surface area contributed by atoms with Crippen LogP contribution in [0.5, 0.6) is 0 Å². The van der Waals surface area contributed by atoms with Gasteiger partial charge in [-0.05, 0) is 24.5 Å². The van der Waals surface area contributed by atoms with Gasteiger partial charge in [0.1, 0.15) is 5.82 Å². The standard InChI is InChI=1S/C12H13N3S/c1-7(2)9-5-4-6-10-11(9)16-12-13-8(3)14-15(10)12/h4-7H,1-3H3. The lowest BCUT2D eigenvalue weighted by atomic mass is 10.0. The van der Waals surface area contributed by atoms with Gasteiger partial charge in [0.05, 0.1) is 10.2 Å². The Labute approximate surface area is 97.7 Å². The molecule has 0 atom stereocenters. The van der Waals surface area contributed by atoms with E-state index in [1.165, 1.54) is 15.8 Å². The Morgan fingerprint density at radius 3 is 2.88 bits per heavy atom. The van der Waals surface area contributed by atoms with E-state index in [0.29, 0.717) is 5.92 Å². The summed E-state index contributed by atoms with van der Waals surface area (Å²) in [5.41, 5.74) is 2.55. The molecule has 0 aliphatic rings. The van der Waals surface area contributed by atoms with Gasteiger partial charge in [0.25, 0.3) is 0 Å². The van der Waals surface area contributed by atoms with E-state index in [1.807, 2.05) is 11.4 Å². The minimum Gasteiger partial charge on any atom is -0.203 e. The van der Waals surface area contributed by atoms with Crippen LogP contribution in [0.3, 0.4) is 0 Å². The van der Waals surface area contributed by atoms with Gasteiger partial charge in [-0.1, -0.05) is 37.3 Å². The fourth-order valence-electron chi connectivity index (χ4n) is 1.98. The van der Waals surface area contributed by atoms with Gasteiger partial charge in [-0.3, -0.25) is 0 Å². The first-order chi connectivity index (χ1) is 7.66. The van der Waals surface area contributed by atoms with Crippen molar-refractivity contribution in [3.8, 4) is 0 Å². The number of thiazole rings is 1. The van der Waals surface area contributed by atoms with Gasteiger partial charge < -0.3 is 0 Å². The van der Waals surface area contributed by atoms with Crippen molar-refractivity contribution in [1.29, 1.82) is 0 Å². The van der Waals surface area contributed by atoms with Crippen LogP contribution in [-0.2, 0) is 0 Å². The predicted octanol–water partition coefficient (Wildman–Crippen LogP) is 3.38. The Kier molecular flexibility index (Phi) is 2.01. The SMILES string of the molecule is Cc1nc2sc3c(C(C)C)cccc3n2n1. The molecule has 0 radical (unpaired) electrons. The summed E-state index contributed by atoms with van der Waals surface area (Å²) in [6.45, 7) is 6.36. The summed E-state index contributed by atoms with van der Waals surface area (Å²) in [4.78, 5) is 5.41. The van der Waals surface area contributed by atoms with E-state index in [1.54, 1.807) is 11.3 Å². The molecule has 0 amide bonds. The van der Waals surface area contributed by atoms with Crippen LogP contribution in [0.2, 0.25) is 0 Å². The normalized spacial score (nSPS) is 12.0. The van der Waals surface area contributed by atoms with E-state index in [-0.39, 0.29) is 0 Å². The lowest BCUT2D eigenvalue weighted by Crippen LogP contribution is -1.89. The summed E-state index contributed by atoms with van der Waals surface area (Å²) in [6, 6.07) is 6.40. The van der Waals surface area contributed by atoms with Gasteiger partial charge in [-0.15, -0.1) is 0 Å². The number of benzene rings is 1. The highest BCUT2D eigenvalue weighted by atomic mass is 32.1. The van der Waals surface area contributed by atoms with Crippen LogP contribution < -0.4 is 0 Å². The van der Waals surface area contributed by atoms with E-state index in [4.69, 9.17) is 0 Å². The number of aryl methyl sites for hydroxylation is 1. The van der Waals surface area contributed by atoms with Crippen molar-refractivity contribution in [3.05, 3.63) is 29.6 Å². The van der Waals surface area contributed by atoms with E-state index in [2.05, 4.69) is 42.1 Å². The number of fused-ring (bicyclic) bond motifs is 3. The van der Waals surface area contributed by atoms with Gasteiger partial charge in [-0.25, -0.2) is 9.50 Å². The number of nitrogens with zero attached hydrogens (tertiary/aromatic N) is 3. The number of aromatic nitrogens is 3. The maximum absolute atomic E-state index is 4.42. The molecule has 0 fully saturated rings. The lowest BCUT2D eigenvalue weighted by Gasteiger charge is -2.05. The summed E-state index contributed by atoms with van der Waals surface area (Å²) in [7, 11) is 0. The molecule has 3 rings (SSSR count). The molecule has 0 aliphatic carbocycles. The van der Waals surface area contributed by atoms with Crippen LogP contribution in [0.1, 0.15) is 31.2 Å². The molecule has 2 heterocycles. The number of hydrogen-bond donors (Lipinski definition) is 0. The number of hydrogen-bond acceptors (Lipinski definition) is 3. The molecule has 3 nitrogen and oxygen atoms in total. The molecule has 82 valence electrons. The van der Waals surface area contributed by atoms with E-state index in [9.17, 15) is 0 Å². The molecule has 0 saturated carbocycles. The summed E-state index contributed by atoms with van der Waals surface area (Å²) < 4.78 is 3.26. The van der Waals surface area contributed by atoms with Crippen molar-refractivity contribution in [2.24, 2.45) is 0 Å². The quantitative estimate of drug-likeness (QED) is 0.642. The van der Waals surface area contributed by atoms with Crippen molar-refractivity contribution < 1.29 is 0 Å².